The Kier molecular flexibility index (Phi) is 4.55. The van der Waals surface area contributed by atoms with Crippen molar-refractivity contribution in [2.75, 3.05) is 11.9 Å². The van der Waals surface area contributed by atoms with Crippen LogP contribution < -0.4 is 11.1 Å². The molecule has 1 aromatic carbocycles. The topological polar surface area (TPSA) is 68.2 Å². The average molecular weight is 319 g/mol. The molecule has 0 spiro atoms. The van der Waals surface area contributed by atoms with Gasteiger partial charge < -0.3 is 15.6 Å². The molecule has 0 unspecified atom stereocenters. The first-order valence-corrected chi connectivity index (χ1v) is 7.69. The summed E-state index contributed by atoms with van der Waals surface area (Å²) in [4.78, 5) is 8.72. The van der Waals surface area contributed by atoms with Gasteiger partial charge in [0.25, 0.3) is 0 Å². The Morgan fingerprint density at radius 3 is 3.04 bits per heavy atom. The standard InChI is InChI=1S/C16H19F2N5/c17-11-4-5-13(18)14(9-11)22-16(19)20-7-6-12-10-23-8-2-1-3-15(23)21-12/h4-5,9-10H,1-3,6-8H2,(H3,19,20,22). The van der Waals surface area contributed by atoms with Gasteiger partial charge in [0.2, 0.25) is 0 Å². The smallest absolute Gasteiger partial charge is 0.193 e. The summed E-state index contributed by atoms with van der Waals surface area (Å²) in [5, 5.41) is 2.57. The van der Waals surface area contributed by atoms with E-state index in [1.165, 1.54) is 12.8 Å². The second-order valence-corrected chi connectivity index (χ2v) is 5.57. The van der Waals surface area contributed by atoms with Crippen LogP contribution in [-0.2, 0) is 19.4 Å². The Morgan fingerprint density at radius 1 is 1.35 bits per heavy atom. The highest BCUT2D eigenvalue weighted by Crippen LogP contribution is 2.16. The first kappa shape index (κ1) is 15.5. The number of aryl methyl sites for hydroxylation is 2. The van der Waals surface area contributed by atoms with Gasteiger partial charge in [-0.1, -0.05) is 0 Å². The van der Waals surface area contributed by atoms with Crippen molar-refractivity contribution in [2.24, 2.45) is 10.7 Å². The van der Waals surface area contributed by atoms with Crippen molar-refractivity contribution in [1.82, 2.24) is 9.55 Å². The Hall–Kier alpha value is -2.44. The van der Waals surface area contributed by atoms with Gasteiger partial charge >= 0.3 is 0 Å². The Bertz CT molecular complexity index is 700. The van der Waals surface area contributed by atoms with Crippen molar-refractivity contribution in [3.8, 4) is 0 Å². The van der Waals surface area contributed by atoms with Gasteiger partial charge in [0.15, 0.2) is 5.96 Å². The minimum Gasteiger partial charge on any atom is -0.370 e. The van der Waals surface area contributed by atoms with E-state index in [9.17, 15) is 8.78 Å². The fraction of sp³-hybridized carbons (Fsp3) is 0.375. The molecule has 122 valence electrons. The number of benzene rings is 1. The first-order valence-electron chi connectivity index (χ1n) is 7.69. The van der Waals surface area contributed by atoms with Crippen LogP contribution in [0, 0.1) is 11.6 Å². The van der Waals surface area contributed by atoms with E-state index in [1.807, 2.05) is 0 Å². The maximum atomic E-state index is 13.5. The lowest BCUT2D eigenvalue weighted by Gasteiger charge is -2.11. The molecule has 2 heterocycles. The molecule has 0 fully saturated rings. The Labute approximate surface area is 133 Å². The van der Waals surface area contributed by atoms with Crippen LogP contribution in [0.3, 0.4) is 0 Å². The third-order valence-electron chi connectivity index (χ3n) is 3.80. The second kappa shape index (κ2) is 6.76. The SMILES string of the molecule is NC(=NCCc1cn2c(n1)CCCC2)Nc1cc(F)ccc1F. The maximum absolute atomic E-state index is 13.5. The van der Waals surface area contributed by atoms with Crippen molar-refractivity contribution in [1.29, 1.82) is 0 Å². The molecule has 1 aliphatic heterocycles. The average Bonchev–Trinajstić information content (AvgIpc) is 2.93. The fourth-order valence-electron chi connectivity index (χ4n) is 2.65. The lowest BCUT2D eigenvalue weighted by atomic mass is 10.2. The third-order valence-corrected chi connectivity index (χ3v) is 3.80. The van der Waals surface area contributed by atoms with Gasteiger partial charge in [-0.05, 0) is 25.0 Å². The first-order chi connectivity index (χ1) is 11.1. The van der Waals surface area contributed by atoms with Crippen molar-refractivity contribution >= 4 is 11.6 Å². The van der Waals surface area contributed by atoms with Crippen molar-refractivity contribution in [3.63, 3.8) is 0 Å². The molecule has 2 aromatic rings. The van der Waals surface area contributed by atoms with Gasteiger partial charge in [-0.25, -0.2) is 13.8 Å². The van der Waals surface area contributed by atoms with Crippen LogP contribution in [0.2, 0.25) is 0 Å². The Balaban J connectivity index is 1.57. The van der Waals surface area contributed by atoms with Crippen LogP contribution >= 0.6 is 0 Å². The summed E-state index contributed by atoms with van der Waals surface area (Å²) < 4.78 is 28.8. The van der Waals surface area contributed by atoms with Gasteiger partial charge in [0.05, 0.1) is 11.4 Å². The van der Waals surface area contributed by atoms with Gasteiger partial charge in [-0.3, -0.25) is 4.99 Å². The summed E-state index contributed by atoms with van der Waals surface area (Å²) in [5.41, 5.74) is 6.67. The highest BCUT2D eigenvalue weighted by atomic mass is 19.1. The van der Waals surface area contributed by atoms with Crippen LogP contribution in [0.15, 0.2) is 29.4 Å². The summed E-state index contributed by atoms with van der Waals surface area (Å²) in [5.74, 6) is 0.0678. The second-order valence-electron chi connectivity index (χ2n) is 5.57. The number of nitrogens with two attached hydrogens (primary N) is 1. The van der Waals surface area contributed by atoms with E-state index >= 15 is 0 Å². The highest BCUT2D eigenvalue weighted by Gasteiger charge is 2.11. The molecule has 0 saturated carbocycles. The fourth-order valence-corrected chi connectivity index (χ4v) is 2.65. The molecule has 1 aromatic heterocycles. The predicted molar refractivity (Wildman–Crippen MR) is 85.3 cm³/mol. The Morgan fingerprint density at radius 2 is 2.22 bits per heavy atom. The zero-order valence-corrected chi connectivity index (χ0v) is 12.7. The lowest BCUT2D eigenvalue weighted by Crippen LogP contribution is -2.23. The maximum Gasteiger partial charge on any atom is 0.193 e. The van der Waals surface area contributed by atoms with Crippen LogP contribution in [0.4, 0.5) is 14.5 Å². The number of guanidine groups is 1. The minimum absolute atomic E-state index is 0.0243. The molecule has 23 heavy (non-hydrogen) atoms. The predicted octanol–water partition coefficient (Wildman–Crippen LogP) is 2.47. The van der Waals surface area contributed by atoms with Gasteiger partial charge in [0, 0.05) is 38.2 Å². The summed E-state index contributed by atoms with van der Waals surface area (Å²) >= 11 is 0. The zero-order valence-electron chi connectivity index (χ0n) is 12.7. The molecular formula is C16H19F2N5. The minimum atomic E-state index is -0.577. The molecule has 0 amide bonds. The van der Waals surface area contributed by atoms with E-state index in [-0.39, 0.29) is 11.6 Å². The third kappa shape index (κ3) is 3.85. The van der Waals surface area contributed by atoms with Gasteiger partial charge in [-0.15, -0.1) is 0 Å². The number of aromatic nitrogens is 2. The summed E-state index contributed by atoms with van der Waals surface area (Å²) in [6.07, 6.45) is 6.11. The van der Waals surface area contributed by atoms with E-state index in [2.05, 4.69) is 26.1 Å². The van der Waals surface area contributed by atoms with E-state index in [1.54, 1.807) is 0 Å². The molecule has 0 radical (unpaired) electrons. The highest BCUT2D eigenvalue weighted by molar-refractivity contribution is 5.92. The largest absolute Gasteiger partial charge is 0.370 e. The van der Waals surface area contributed by atoms with Crippen LogP contribution in [0.25, 0.3) is 0 Å². The van der Waals surface area contributed by atoms with Crippen molar-refractivity contribution in [2.45, 2.75) is 32.2 Å². The van der Waals surface area contributed by atoms with Crippen LogP contribution in [0.1, 0.15) is 24.4 Å². The number of nitrogens with one attached hydrogen (secondary N) is 1. The summed E-state index contributed by atoms with van der Waals surface area (Å²) in [7, 11) is 0. The number of halogens is 2. The molecule has 0 aliphatic carbocycles. The molecular weight excluding hydrogens is 300 g/mol. The number of nitrogens with zero attached hydrogens (tertiary/aromatic N) is 3. The molecule has 0 saturated heterocycles. The number of aliphatic imine (C=N–C) groups is 1. The molecule has 3 rings (SSSR count). The van der Waals surface area contributed by atoms with Crippen LogP contribution in [0.5, 0.6) is 0 Å². The number of hydrogen-bond acceptors (Lipinski definition) is 2. The zero-order chi connectivity index (χ0) is 16.2. The van der Waals surface area contributed by atoms with E-state index in [0.29, 0.717) is 13.0 Å². The number of hydrogen-bond donors (Lipinski definition) is 2. The molecule has 0 atom stereocenters. The summed E-state index contributed by atoms with van der Waals surface area (Å²) in [6.45, 7) is 1.46. The van der Waals surface area contributed by atoms with Crippen molar-refractivity contribution < 1.29 is 8.78 Å². The monoisotopic (exact) mass is 319 g/mol. The molecule has 7 heteroatoms. The van der Waals surface area contributed by atoms with Crippen LogP contribution in [-0.4, -0.2) is 22.1 Å². The normalized spacial score (nSPS) is 14.6. The molecule has 3 N–H and O–H groups in total. The van der Waals surface area contributed by atoms with E-state index in [0.717, 1.165) is 42.7 Å². The number of fused-ring (bicyclic) bond motifs is 1. The van der Waals surface area contributed by atoms with E-state index < -0.39 is 11.6 Å². The molecule has 0 bridgehead atoms. The quantitative estimate of drug-likeness (QED) is 0.672. The van der Waals surface area contributed by atoms with Crippen molar-refractivity contribution in [3.05, 3.63) is 47.5 Å². The number of imidazole rings is 1. The van der Waals surface area contributed by atoms with E-state index in [4.69, 9.17) is 5.73 Å². The van der Waals surface area contributed by atoms with Gasteiger partial charge in [0.1, 0.15) is 17.5 Å². The number of rotatable bonds is 4. The van der Waals surface area contributed by atoms with Gasteiger partial charge in [-0.2, -0.15) is 0 Å². The number of anilines is 1. The lowest BCUT2D eigenvalue weighted by molar-refractivity contribution is 0.522. The molecule has 1 aliphatic rings. The summed E-state index contributed by atoms with van der Waals surface area (Å²) in [6, 6.07) is 3.14. The molecule has 5 nitrogen and oxygen atoms in total.